The Morgan fingerprint density at radius 3 is 2.18 bits per heavy atom. The molecule has 0 radical (unpaired) electrons. The summed E-state index contributed by atoms with van der Waals surface area (Å²) in [6.07, 6.45) is 3.89. The number of carbonyl (C=O) groups excluding carboxylic acids is 2. The van der Waals surface area contributed by atoms with Crippen LogP contribution >= 0.6 is 0 Å². The van der Waals surface area contributed by atoms with Crippen molar-refractivity contribution in [2.24, 2.45) is 0 Å². The van der Waals surface area contributed by atoms with Gasteiger partial charge in [-0.3, -0.25) is 13.9 Å². The van der Waals surface area contributed by atoms with E-state index in [2.05, 4.69) is 5.32 Å². The van der Waals surface area contributed by atoms with Crippen LogP contribution in [0.3, 0.4) is 0 Å². The maximum atomic E-state index is 15.1. The molecule has 1 atom stereocenters. The zero-order chi connectivity index (χ0) is 31.8. The van der Waals surface area contributed by atoms with Crippen LogP contribution in [0.1, 0.15) is 42.4 Å². The highest BCUT2D eigenvalue weighted by atomic mass is 32.2. The first-order valence-electron chi connectivity index (χ1n) is 15.2. The first kappa shape index (κ1) is 31.9. The zero-order valence-electron chi connectivity index (χ0n) is 25.3. The number of nitrogens with zero attached hydrogens (tertiary/aromatic N) is 2. The molecule has 0 unspecified atom stereocenters. The van der Waals surface area contributed by atoms with Gasteiger partial charge in [0.15, 0.2) is 0 Å². The molecular formula is C36H38FN3O4S. The van der Waals surface area contributed by atoms with Crippen LogP contribution in [0.4, 0.5) is 10.1 Å². The second-order valence-corrected chi connectivity index (χ2v) is 13.3. The van der Waals surface area contributed by atoms with E-state index in [4.69, 9.17) is 0 Å². The highest BCUT2D eigenvalue weighted by molar-refractivity contribution is 7.92. The molecule has 9 heteroatoms. The molecule has 0 aromatic heterocycles. The summed E-state index contributed by atoms with van der Waals surface area (Å²) in [5.41, 5.74) is 2.18. The molecule has 0 saturated heterocycles. The van der Waals surface area contributed by atoms with Crippen LogP contribution in [0, 0.1) is 12.7 Å². The standard InChI is InChI=1S/C36H38FN3O4S/c1-27-13-12-19-31(23-27)40(45(43,44)32-20-6-3-7-21-32)26-35(41)39(25-29-16-8-11-22-33(29)37)34(24-28-14-4-2-5-15-28)36(42)38-30-17-9-10-18-30/h2-8,11-16,19-23,30,34H,9-10,17-18,24-26H2,1H3,(H,38,42)/t34-/m0/s1. The maximum Gasteiger partial charge on any atom is 0.264 e. The fourth-order valence-corrected chi connectivity index (χ4v) is 7.19. The van der Waals surface area contributed by atoms with E-state index in [1.807, 2.05) is 43.3 Å². The van der Waals surface area contributed by atoms with Gasteiger partial charge in [-0.05, 0) is 61.2 Å². The van der Waals surface area contributed by atoms with Gasteiger partial charge in [-0.15, -0.1) is 0 Å². The molecule has 0 spiro atoms. The van der Waals surface area contributed by atoms with E-state index >= 15 is 4.39 Å². The van der Waals surface area contributed by atoms with Crippen LogP contribution in [-0.4, -0.2) is 43.8 Å². The quantitative estimate of drug-likeness (QED) is 0.208. The largest absolute Gasteiger partial charge is 0.352 e. The molecule has 5 rings (SSSR count). The number of sulfonamides is 1. The Bertz CT molecular complexity index is 1710. The Labute approximate surface area is 264 Å². The molecule has 0 heterocycles. The number of rotatable bonds is 12. The van der Waals surface area contributed by atoms with Crippen LogP contribution in [0.15, 0.2) is 114 Å². The van der Waals surface area contributed by atoms with Crippen molar-refractivity contribution in [1.29, 1.82) is 0 Å². The van der Waals surface area contributed by atoms with Crippen molar-refractivity contribution >= 4 is 27.5 Å². The number of hydrogen-bond acceptors (Lipinski definition) is 4. The molecule has 1 fully saturated rings. The average Bonchev–Trinajstić information content (AvgIpc) is 3.56. The molecule has 1 saturated carbocycles. The van der Waals surface area contributed by atoms with E-state index in [1.165, 1.54) is 23.1 Å². The van der Waals surface area contributed by atoms with Gasteiger partial charge in [0.05, 0.1) is 10.6 Å². The zero-order valence-corrected chi connectivity index (χ0v) is 26.1. The van der Waals surface area contributed by atoms with Gasteiger partial charge in [0.2, 0.25) is 11.8 Å². The van der Waals surface area contributed by atoms with Crippen LogP contribution in [0.5, 0.6) is 0 Å². The average molecular weight is 628 g/mol. The van der Waals surface area contributed by atoms with Crippen molar-refractivity contribution < 1.29 is 22.4 Å². The van der Waals surface area contributed by atoms with Crippen LogP contribution in [-0.2, 0) is 32.6 Å². The van der Waals surface area contributed by atoms with Gasteiger partial charge in [-0.25, -0.2) is 12.8 Å². The number of hydrogen-bond donors (Lipinski definition) is 1. The maximum absolute atomic E-state index is 15.1. The minimum Gasteiger partial charge on any atom is -0.352 e. The second-order valence-electron chi connectivity index (χ2n) is 11.5. The number of anilines is 1. The Morgan fingerprint density at radius 1 is 0.867 bits per heavy atom. The molecule has 1 aliphatic carbocycles. The normalized spacial score (nSPS) is 14.1. The predicted octanol–water partition coefficient (Wildman–Crippen LogP) is 6.03. The van der Waals surface area contributed by atoms with E-state index < -0.39 is 34.3 Å². The minimum atomic E-state index is -4.19. The summed E-state index contributed by atoms with van der Waals surface area (Å²) in [5, 5.41) is 3.13. The fourth-order valence-electron chi connectivity index (χ4n) is 5.76. The summed E-state index contributed by atoms with van der Waals surface area (Å²) in [7, 11) is -4.19. The molecular weight excluding hydrogens is 589 g/mol. The molecule has 0 bridgehead atoms. The summed E-state index contributed by atoms with van der Waals surface area (Å²) in [5.74, 6) is -1.48. The summed E-state index contributed by atoms with van der Waals surface area (Å²) in [4.78, 5) is 29.9. The first-order chi connectivity index (χ1) is 21.7. The van der Waals surface area contributed by atoms with Crippen LogP contribution < -0.4 is 9.62 Å². The third kappa shape index (κ3) is 7.97. The van der Waals surface area contributed by atoms with E-state index in [1.54, 1.807) is 54.6 Å². The van der Waals surface area contributed by atoms with Gasteiger partial charge in [-0.1, -0.05) is 91.7 Å². The Kier molecular flexibility index (Phi) is 10.3. The molecule has 45 heavy (non-hydrogen) atoms. The topological polar surface area (TPSA) is 86.8 Å². The summed E-state index contributed by atoms with van der Waals surface area (Å²) >= 11 is 0. The lowest BCUT2D eigenvalue weighted by Gasteiger charge is -2.34. The Balaban J connectivity index is 1.57. The van der Waals surface area contributed by atoms with Gasteiger partial charge in [0, 0.05) is 24.6 Å². The molecule has 0 aliphatic heterocycles. The van der Waals surface area contributed by atoms with E-state index in [0.29, 0.717) is 5.69 Å². The van der Waals surface area contributed by atoms with Crippen LogP contribution in [0.25, 0.3) is 0 Å². The van der Waals surface area contributed by atoms with Gasteiger partial charge in [0.25, 0.3) is 10.0 Å². The van der Waals surface area contributed by atoms with E-state index in [9.17, 15) is 18.0 Å². The van der Waals surface area contributed by atoms with Crippen molar-refractivity contribution in [3.63, 3.8) is 0 Å². The summed E-state index contributed by atoms with van der Waals surface area (Å²) in [6, 6.07) is 29.2. The molecule has 4 aromatic rings. The monoisotopic (exact) mass is 627 g/mol. The number of amides is 2. The summed E-state index contributed by atoms with van der Waals surface area (Å²) < 4.78 is 44.3. The van der Waals surface area contributed by atoms with E-state index in [0.717, 1.165) is 41.1 Å². The minimum absolute atomic E-state index is 0.0107. The predicted molar refractivity (Wildman–Crippen MR) is 173 cm³/mol. The van der Waals surface area contributed by atoms with Crippen molar-refractivity contribution in [2.45, 2.75) is 62.6 Å². The lowest BCUT2D eigenvalue weighted by molar-refractivity contribution is -0.140. The number of nitrogens with one attached hydrogen (secondary N) is 1. The second kappa shape index (κ2) is 14.5. The molecule has 234 valence electrons. The number of carbonyl (C=O) groups is 2. The fraction of sp³-hybridized carbons (Fsp3) is 0.278. The third-order valence-corrected chi connectivity index (χ3v) is 9.96. The van der Waals surface area contributed by atoms with Gasteiger partial charge in [0.1, 0.15) is 18.4 Å². The van der Waals surface area contributed by atoms with Crippen molar-refractivity contribution in [3.8, 4) is 0 Å². The highest BCUT2D eigenvalue weighted by Gasteiger charge is 2.36. The molecule has 7 nitrogen and oxygen atoms in total. The number of halogens is 1. The lowest BCUT2D eigenvalue weighted by Crippen LogP contribution is -2.54. The Morgan fingerprint density at radius 2 is 1.51 bits per heavy atom. The SMILES string of the molecule is Cc1cccc(N(CC(=O)N(Cc2ccccc2F)[C@@H](Cc2ccccc2)C(=O)NC2CCCC2)S(=O)(=O)c2ccccc2)c1. The Hall–Kier alpha value is -4.50. The lowest BCUT2D eigenvalue weighted by atomic mass is 10.0. The number of benzene rings is 4. The summed E-state index contributed by atoms with van der Waals surface area (Å²) in [6.45, 7) is 1.04. The first-order valence-corrected chi connectivity index (χ1v) is 16.7. The van der Waals surface area contributed by atoms with Gasteiger partial charge in [-0.2, -0.15) is 0 Å². The number of aryl methyl sites for hydroxylation is 1. The van der Waals surface area contributed by atoms with Gasteiger partial charge >= 0.3 is 0 Å². The smallest absolute Gasteiger partial charge is 0.264 e. The van der Waals surface area contributed by atoms with Crippen molar-refractivity contribution in [2.75, 3.05) is 10.8 Å². The molecule has 4 aromatic carbocycles. The van der Waals surface area contributed by atoms with Gasteiger partial charge < -0.3 is 10.2 Å². The molecule has 2 amide bonds. The molecule has 1 N–H and O–H groups in total. The third-order valence-electron chi connectivity index (χ3n) is 8.17. The van der Waals surface area contributed by atoms with E-state index in [-0.39, 0.29) is 35.4 Å². The van der Waals surface area contributed by atoms with Crippen molar-refractivity contribution in [1.82, 2.24) is 10.2 Å². The highest BCUT2D eigenvalue weighted by Crippen LogP contribution is 2.26. The van der Waals surface area contributed by atoms with Crippen LogP contribution in [0.2, 0.25) is 0 Å². The van der Waals surface area contributed by atoms with Crippen molar-refractivity contribution in [3.05, 3.63) is 132 Å². The molecule has 1 aliphatic rings.